The third kappa shape index (κ3) is 3.92. The summed E-state index contributed by atoms with van der Waals surface area (Å²) in [6, 6.07) is 19.4. The van der Waals surface area contributed by atoms with Crippen LogP contribution < -0.4 is 9.80 Å². The Balaban J connectivity index is 1.58. The fourth-order valence-electron chi connectivity index (χ4n) is 3.53. The van der Waals surface area contributed by atoms with Gasteiger partial charge in [0.05, 0.1) is 6.20 Å². The molecule has 0 saturated heterocycles. The number of aromatic nitrogens is 3. The summed E-state index contributed by atoms with van der Waals surface area (Å²) in [5.74, 6) is 1.58. The van der Waals surface area contributed by atoms with Crippen LogP contribution in [0, 0.1) is 0 Å². The molecule has 4 rings (SSSR count). The molecule has 0 N–H and O–H groups in total. The Kier molecular flexibility index (Phi) is 5.01. The van der Waals surface area contributed by atoms with Crippen LogP contribution in [-0.2, 0) is 19.5 Å². The Bertz CT molecular complexity index is 894. The Morgan fingerprint density at radius 2 is 1.74 bits per heavy atom. The number of fused-ring (bicyclic) bond motifs is 1. The molecule has 5 nitrogen and oxygen atoms in total. The summed E-state index contributed by atoms with van der Waals surface area (Å²) < 4.78 is 0. The first kappa shape index (κ1) is 17.5. The van der Waals surface area contributed by atoms with Crippen molar-refractivity contribution in [1.29, 1.82) is 0 Å². The van der Waals surface area contributed by atoms with E-state index in [1.807, 2.05) is 6.07 Å². The summed E-state index contributed by atoms with van der Waals surface area (Å²) in [6.45, 7) is 6.92. The van der Waals surface area contributed by atoms with E-state index in [2.05, 4.69) is 82.4 Å². The number of nitrogens with zero attached hydrogens (tertiary/aromatic N) is 5. The van der Waals surface area contributed by atoms with Crippen molar-refractivity contribution in [3.05, 3.63) is 77.5 Å². The lowest BCUT2D eigenvalue weighted by Gasteiger charge is -2.31. The molecule has 0 bridgehead atoms. The maximum absolute atomic E-state index is 4.87. The van der Waals surface area contributed by atoms with Gasteiger partial charge in [0.15, 0.2) is 5.82 Å². The Hall–Kier alpha value is -2.95. The summed E-state index contributed by atoms with van der Waals surface area (Å²) >= 11 is 0. The van der Waals surface area contributed by atoms with Crippen LogP contribution in [0.3, 0.4) is 0 Å². The van der Waals surface area contributed by atoms with E-state index < -0.39 is 0 Å². The zero-order valence-electron chi connectivity index (χ0n) is 15.9. The second-order valence-electron chi connectivity index (χ2n) is 7.26. The molecule has 27 heavy (non-hydrogen) atoms. The van der Waals surface area contributed by atoms with Crippen molar-refractivity contribution < 1.29 is 0 Å². The minimum atomic E-state index is 0.317. The van der Waals surface area contributed by atoms with Gasteiger partial charge in [0.25, 0.3) is 0 Å². The third-order valence-electron chi connectivity index (χ3n) is 5.06. The molecule has 1 aromatic heterocycles. The molecule has 5 heteroatoms. The molecule has 3 aromatic rings. The molecule has 1 aliphatic rings. The van der Waals surface area contributed by atoms with Crippen molar-refractivity contribution in [3.8, 4) is 0 Å². The van der Waals surface area contributed by atoms with Gasteiger partial charge in [-0.3, -0.25) is 0 Å². The van der Waals surface area contributed by atoms with Gasteiger partial charge in [0.1, 0.15) is 0 Å². The molecule has 0 spiro atoms. The number of benzene rings is 2. The monoisotopic (exact) mass is 359 g/mol. The summed E-state index contributed by atoms with van der Waals surface area (Å²) in [4.78, 5) is 9.36. The van der Waals surface area contributed by atoms with Crippen molar-refractivity contribution in [3.63, 3.8) is 0 Å². The Morgan fingerprint density at radius 3 is 2.52 bits per heavy atom. The zero-order chi connectivity index (χ0) is 18.6. The van der Waals surface area contributed by atoms with Crippen LogP contribution >= 0.6 is 0 Å². The molecule has 0 saturated carbocycles. The number of anilines is 2. The molecular weight excluding hydrogens is 334 g/mol. The number of hydrogen-bond acceptors (Lipinski definition) is 5. The topological polar surface area (TPSA) is 45.2 Å². The summed E-state index contributed by atoms with van der Waals surface area (Å²) in [5, 5.41) is 8.59. The van der Waals surface area contributed by atoms with Crippen LogP contribution in [0.25, 0.3) is 0 Å². The highest BCUT2D eigenvalue weighted by Gasteiger charge is 2.20. The van der Waals surface area contributed by atoms with Gasteiger partial charge in [-0.05, 0) is 37.0 Å². The SMILES string of the molecule is CC(C)N(Cc1ccccc1)c1cnnc(N2CCc3ccccc3C2)n1. The lowest BCUT2D eigenvalue weighted by molar-refractivity contribution is 0.655. The van der Waals surface area contributed by atoms with E-state index in [0.29, 0.717) is 12.0 Å². The standard InChI is InChI=1S/C22H25N5/c1-17(2)27(15-18-8-4-3-5-9-18)21-14-23-25-22(24-21)26-13-12-19-10-6-7-11-20(19)16-26/h3-11,14,17H,12-13,15-16H2,1-2H3. The first-order valence-electron chi connectivity index (χ1n) is 9.53. The molecule has 1 aliphatic heterocycles. The lowest BCUT2D eigenvalue weighted by atomic mass is 10.0. The molecule has 2 heterocycles. The minimum absolute atomic E-state index is 0.317. The van der Waals surface area contributed by atoms with E-state index in [0.717, 1.165) is 31.9 Å². The van der Waals surface area contributed by atoms with Crippen molar-refractivity contribution in [1.82, 2.24) is 15.2 Å². The van der Waals surface area contributed by atoms with E-state index >= 15 is 0 Å². The van der Waals surface area contributed by atoms with E-state index in [4.69, 9.17) is 4.98 Å². The highest BCUT2D eigenvalue weighted by Crippen LogP contribution is 2.24. The largest absolute Gasteiger partial charge is 0.348 e. The summed E-state index contributed by atoms with van der Waals surface area (Å²) in [5.41, 5.74) is 4.03. The first-order valence-corrected chi connectivity index (χ1v) is 9.53. The van der Waals surface area contributed by atoms with Gasteiger partial charge >= 0.3 is 0 Å². The molecule has 0 amide bonds. The first-order chi connectivity index (χ1) is 13.2. The van der Waals surface area contributed by atoms with Crippen molar-refractivity contribution in [2.75, 3.05) is 16.3 Å². The van der Waals surface area contributed by atoms with Crippen LogP contribution in [0.15, 0.2) is 60.8 Å². The van der Waals surface area contributed by atoms with Crippen LogP contribution in [-0.4, -0.2) is 27.8 Å². The van der Waals surface area contributed by atoms with E-state index in [1.165, 1.54) is 16.7 Å². The predicted octanol–water partition coefficient (Wildman–Crippen LogP) is 3.85. The van der Waals surface area contributed by atoms with Gasteiger partial charge in [0.2, 0.25) is 5.95 Å². The van der Waals surface area contributed by atoms with E-state index in [1.54, 1.807) is 6.20 Å². The maximum atomic E-state index is 4.87. The third-order valence-corrected chi connectivity index (χ3v) is 5.06. The summed E-state index contributed by atoms with van der Waals surface area (Å²) in [6.07, 6.45) is 2.78. The second kappa shape index (κ2) is 7.74. The zero-order valence-corrected chi connectivity index (χ0v) is 15.9. The molecule has 2 aromatic carbocycles. The van der Waals surface area contributed by atoms with Crippen molar-refractivity contribution in [2.45, 2.75) is 39.4 Å². The van der Waals surface area contributed by atoms with E-state index in [9.17, 15) is 0 Å². The van der Waals surface area contributed by atoms with Gasteiger partial charge in [-0.1, -0.05) is 54.6 Å². The Morgan fingerprint density at radius 1 is 1.00 bits per heavy atom. The quantitative estimate of drug-likeness (QED) is 0.692. The fourth-order valence-corrected chi connectivity index (χ4v) is 3.53. The predicted molar refractivity (Wildman–Crippen MR) is 109 cm³/mol. The lowest BCUT2D eigenvalue weighted by Crippen LogP contribution is -2.34. The average Bonchev–Trinajstić information content (AvgIpc) is 2.72. The number of rotatable bonds is 5. The molecule has 0 aliphatic carbocycles. The molecular formula is C22H25N5. The molecule has 0 atom stereocenters. The molecule has 0 radical (unpaired) electrons. The Labute approximate surface area is 160 Å². The van der Waals surface area contributed by atoms with Crippen LogP contribution in [0.1, 0.15) is 30.5 Å². The van der Waals surface area contributed by atoms with Gasteiger partial charge in [0, 0.05) is 25.7 Å². The second-order valence-corrected chi connectivity index (χ2v) is 7.26. The van der Waals surface area contributed by atoms with Gasteiger partial charge in [-0.15, -0.1) is 5.10 Å². The highest BCUT2D eigenvalue weighted by atomic mass is 15.4. The van der Waals surface area contributed by atoms with Crippen molar-refractivity contribution in [2.24, 2.45) is 0 Å². The van der Waals surface area contributed by atoms with Crippen molar-refractivity contribution >= 4 is 11.8 Å². The molecule has 138 valence electrons. The number of hydrogen-bond donors (Lipinski definition) is 0. The van der Waals surface area contributed by atoms with E-state index in [-0.39, 0.29) is 0 Å². The molecule has 0 unspecified atom stereocenters. The molecule has 0 fully saturated rings. The van der Waals surface area contributed by atoms with Crippen LogP contribution in [0.2, 0.25) is 0 Å². The average molecular weight is 359 g/mol. The summed E-state index contributed by atoms with van der Waals surface area (Å²) in [7, 11) is 0. The minimum Gasteiger partial charge on any atom is -0.348 e. The highest BCUT2D eigenvalue weighted by molar-refractivity contribution is 5.45. The van der Waals surface area contributed by atoms with Crippen LogP contribution in [0.4, 0.5) is 11.8 Å². The normalized spacial score (nSPS) is 13.5. The fraction of sp³-hybridized carbons (Fsp3) is 0.318. The van der Waals surface area contributed by atoms with Gasteiger partial charge in [-0.2, -0.15) is 10.1 Å². The maximum Gasteiger partial charge on any atom is 0.247 e. The van der Waals surface area contributed by atoms with Gasteiger partial charge in [-0.25, -0.2) is 0 Å². The van der Waals surface area contributed by atoms with Crippen LogP contribution in [0.5, 0.6) is 0 Å². The van der Waals surface area contributed by atoms with Gasteiger partial charge < -0.3 is 9.80 Å². The smallest absolute Gasteiger partial charge is 0.247 e.